The molecule has 0 saturated heterocycles. The van der Waals surface area contributed by atoms with Gasteiger partial charge in [0.05, 0.1) is 22.0 Å². The molecule has 3 aromatic carbocycles. The van der Waals surface area contributed by atoms with Gasteiger partial charge in [0.25, 0.3) is 5.69 Å². The van der Waals surface area contributed by atoms with Crippen molar-refractivity contribution < 1.29 is 9.72 Å². The SMILES string of the molecule is CC(=O)C1=NN(c2cccc([N+](=O)[O-])c2)[C@@]2(C=CC(c3ccc(C)cc3)=NN2c2ccccc2)S1. The fourth-order valence-corrected chi connectivity index (χ4v) is 5.04. The Morgan fingerprint density at radius 2 is 1.63 bits per heavy atom. The molecule has 0 aromatic heterocycles. The first-order chi connectivity index (χ1) is 16.9. The van der Waals surface area contributed by atoms with Crippen LogP contribution in [0.3, 0.4) is 0 Å². The minimum atomic E-state index is -1.08. The van der Waals surface area contributed by atoms with Crippen molar-refractivity contribution in [3.8, 4) is 0 Å². The zero-order valence-electron chi connectivity index (χ0n) is 19.0. The van der Waals surface area contributed by atoms with Crippen LogP contribution in [0, 0.1) is 17.0 Å². The average Bonchev–Trinajstić information content (AvgIpc) is 3.25. The van der Waals surface area contributed by atoms with Gasteiger partial charge in [-0.2, -0.15) is 10.2 Å². The molecule has 0 radical (unpaired) electrons. The zero-order valence-corrected chi connectivity index (χ0v) is 19.8. The molecular formula is C26H21N5O3S. The number of non-ortho nitro benzene ring substituents is 1. The van der Waals surface area contributed by atoms with E-state index < -0.39 is 9.92 Å². The van der Waals surface area contributed by atoms with Gasteiger partial charge in [0, 0.05) is 24.6 Å². The molecule has 0 fully saturated rings. The predicted molar refractivity (Wildman–Crippen MR) is 140 cm³/mol. The van der Waals surface area contributed by atoms with Gasteiger partial charge in [-0.3, -0.25) is 14.9 Å². The molecule has 8 nitrogen and oxygen atoms in total. The smallest absolute Gasteiger partial charge is 0.271 e. The summed E-state index contributed by atoms with van der Waals surface area (Å²) >= 11 is 1.25. The second-order valence-electron chi connectivity index (χ2n) is 8.14. The van der Waals surface area contributed by atoms with E-state index in [2.05, 4.69) is 5.10 Å². The van der Waals surface area contributed by atoms with Crippen LogP contribution >= 0.6 is 11.8 Å². The largest absolute Gasteiger partial charge is 0.292 e. The standard InChI is InChI=1S/C26H21N5O3S/c1-18-11-13-20(14-12-18)24-15-16-26(29(27-24)21-7-4-3-5-8-21)30(28-25(35-26)19(2)32)22-9-6-10-23(17-22)31(33)34/h3-17H,1-2H3/t26-/m0/s1. The second-order valence-corrected chi connectivity index (χ2v) is 9.33. The van der Waals surface area contributed by atoms with Crippen molar-refractivity contribution in [2.75, 3.05) is 10.0 Å². The number of hydrogen-bond donors (Lipinski definition) is 0. The fraction of sp³-hybridized carbons (Fsp3) is 0.115. The first-order valence-corrected chi connectivity index (χ1v) is 11.7. The number of nitrogens with zero attached hydrogens (tertiary/aromatic N) is 5. The van der Waals surface area contributed by atoms with Crippen molar-refractivity contribution in [2.24, 2.45) is 10.2 Å². The Morgan fingerprint density at radius 1 is 0.943 bits per heavy atom. The molecule has 5 rings (SSSR count). The average molecular weight is 484 g/mol. The van der Waals surface area contributed by atoms with Crippen LogP contribution in [0.4, 0.5) is 17.1 Å². The molecule has 35 heavy (non-hydrogen) atoms. The normalized spacial score (nSPS) is 19.0. The van der Waals surface area contributed by atoms with Crippen molar-refractivity contribution in [1.82, 2.24) is 0 Å². The molecule has 9 heteroatoms. The molecule has 0 bridgehead atoms. The third kappa shape index (κ3) is 4.10. The van der Waals surface area contributed by atoms with E-state index in [0.29, 0.717) is 5.69 Å². The zero-order chi connectivity index (χ0) is 24.6. The molecule has 2 aliphatic rings. The molecule has 0 saturated carbocycles. The third-order valence-corrected chi connectivity index (χ3v) is 6.99. The number of ketones is 1. The van der Waals surface area contributed by atoms with Crippen LogP contribution in [-0.4, -0.2) is 26.5 Å². The number of para-hydroxylation sites is 1. The molecule has 2 aliphatic heterocycles. The molecule has 0 amide bonds. The Balaban J connectivity index is 1.68. The highest BCUT2D eigenvalue weighted by Gasteiger charge is 2.51. The quantitative estimate of drug-likeness (QED) is 0.352. The monoisotopic (exact) mass is 483 g/mol. The van der Waals surface area contributed by atoms with Crippen LogP contribution in [-0.2, 0) is 4.79 Å². The number of thioether (sulfide) groups is 1. The number of rotatable bonds is 5. The van der Waals surface area contributed by atoms with Crippen LogP contribution < -0.4 is 10.0 Å². The van der Waals surface area contributed by atoms with Crippen molar-refractivity contribution in [3.63, 3.8) is 0 Å². The highest BCUT2D eigenvalue weighted by molar-refractivity contribution is 8.17. The van der Waals surface area contributed by atoms with Gasteiger partial charge in [-0.15, -0.1) is 0 Å². The minimum absolute atomic E-state index is 0.0657. The van der Waals surface area contributed by atoms with E-state index in [1.54, 1.807) is 17.1 Å². The molecule has 3 aromatic rings. The van der Waals surface area contributed by atoms with Gasteiger partial charge in [-0.1, -0.05) is 54.1 Å². The number of aryl methyl sites for hydroxylation is 1. The number of nitro groups is 1. The fourth-order valence-electron chi connectivity index (χ4n) is 3.89. The molecule has 1 atom stereocenters. The van der Waals surface area contributed by atoms with E-state index >= 15 is 0 Å². The summed E-state index contributed by atoms with van der Waals surface area (Å²) in [5.41, 5.74) is 4.03. The molecule has 0 aliphatic carbocycles. The van der Waals surface area contributed by atoms with E-state index in [9.17, 15) is 14.9 Å². The molecule has 1 spiro atoms. The summed E-state index contributed by atoms with van der Waals surface area (Å²) < 4.78 is 0. The summed E-state index contributed by atoms with van der Waals surface area (Å²) in [6.07, 6.45) is 3.84. The topological polar surface area (TPSA) is 91.4 Å². The molecule has 0 unspecified atom stereocenters. The summed E-state index contributed by atoms with van der Waals surface area (Å²) in [4.78, 5) is 22.4. The number of carbonyl (C=O) groups is 1. The highest BCUT2D eigenvalue weighted by atomic mass is 32.2. The van der Waals surface area contributed by atoms with Crippen LogP contribution in [0.1, 0.15) is 18.1 Å². The number of Topliss-reactive ketones (excluding diaryl/α,β-unsaturated/α-hetero) is 1. The first-order valence-electron chi connectivity index (χ1n) is 10.9. The predicted octanol–water partition coefficient (Wildman–Crippen LogP) is 5.49. The van der Waals surface area contributed by atoms with Crippen molar-refractivity contribution in [2.45, 2.75) is 18.8 Å². The number of anilines is 2. The van der Waals surface area contributed by atoms with Crippen LogP contribution in [0.15, 0.2) is 101 Å². The number of benzene rings is 3. The number of hydrazone groups is 2. The lowest BCUT2D eigenvalue weighted by Gasteiger charge is -2.43. The van der Waals surface area contributed by atoms with Crippen LogP contribution in [0.25, 0.3) is 0 Å². The van der Waals surface area contributed by atoms with E-state index in [1.165, 1.54) is 30.8 Å². The molecule has 2 heterocycles. The summed E-state index contributed by atoms with van der Waals surface area (Å²) in [7, 11) is 0. The second kappa shape index (κ2) is 8.84. The number of nitro benzene ring substituents is 1. The highest BCUT2D eigenvalue weighted by Crippen LogP contribution is 2.48. The van der Waals surface area contributed by atoms with Crippen molar-refractivity contribution in [1.29, 1.82) is 0 Å². The van der Waals surface area contributed by atoms with Gasteiger partial charge in [-0.05, 0) is 49.0 Å². The molecule has 174 valence electrons. The summed E-state index contributed by atoms with van der Waals surface area (Å²) in [5.74, 6) is -0.197. The van der Waals surface area contributed by atoms with Gasteiger partial charge in [0.15, 0.2) is 10.8 Å². The Bertz CT molecular complexity index is 1400. The maximum atomic E-state index is 12.4. The summed E-state index contributed by atoms with van der Waals surface area (Å²) in [6, 6.07) is 23.9. The minimum Gasteiger partial charge on any atom is -0.292 e. The van der Waals surface area contributed by atoms with Gasteiger partial charge < -0.3 is 0 Å². The lowest BCUT2D eigenvalue weighted by molar-refractivity contribution is -0.384. The van der Waals surface area contributed by atoms with E-state index in [-0.39, 0.29) is 16.5 Å². The molecular weight excluding hydrogens is 462 g/mol. The van der Waals surface area contributed by atoms with Gasteiger partial charge >= 0.3 is 0 Å². The Labute approximate surface area is 206 Å². The maximum Gasteiger partial charge on any atom is 0.271 e. The Morgan fingerprint density at radius 3 is 2.31 bits per heavy atom. The Kier molecular flexibility index (Phi) is 5.70. The van der Waals surface area contributed by atoms with Crippen molar-refractivity contribution in [3.05, 3.63) is 112 Å². The number of allylic oxidation sites excluding steroid dienone is 1. The summed E-state index contributed by atoms with van der Waals surface area (Å²) in [5, 5.41) is 24.8. The maximum absolute atomic E-state index is 12.4. The first kappa shape index (κ1) is 22.5. The third-order valence-electron chi connectivity index (χ3n) is 5.65. The lowest BCUT2D eigenvalue weighted by Crippen LogP contribution is -2.53. The van der Waals surface area contributed by atoms with E-state index in [4.69, 9.17) is 5.10 Å². The van der Waals surface area contributed by atoms with Gasteiger partial charge in [0.2, 0.25) is 4.99 Å². The number of carbonyl (C=O) groups excluding carboxylic acids is 1. The number of hydrogen-bond acceptors (Lipinski definition) is 8. The van der Waals surface area contributed by atoms with Crippen LogP contribution in [0.2, 0.25) is 0 Å². The molecule has 0 N–H and O–H groups in total. The van der Waals surface area contributed by atoms with Gasteiger partial charge in [0.1, 0.15) is 0 Å². The van der Waals surface area contributed by atoms with Crippen molar-refractivity contribution >= 4 is 45.4 Å². The summed E-state index contributed by atoms with van der Waals surface area (Å²) in [6.45, 7) is 3.48. The lowest BCUT2D eigenvalue weighted by atomic mass is 10.1. The van der Waals surface area contributed by atoms with Crippen LogP contribution in [0.5, 0.6) is 0 Å². The Hall–Kier alpha value is -4.24. The van der Waals surface area contributed by atoms with E-state index in [0.717, 1.165) is 22.5 Å². The van der Waals surface area contributed by atoms with E-state index in [1.807, 2.05) is 78.7 Å². The van der Waals surface area contributed by atoms with Gasteiger partial charge in [-0.25, -0.2) is 10.0 Å².